The monoisotopic (exact) mass is 1870 g/mol. The van der Waals surface area contributed by atoms with Gasteiger partial charge < -0.3 is 20.3 Å². The first-order valence-corrected chi connectivity index (χ1v) is 46.6. The number of carboxylic acid groups (broad SMARTS) is 2. The minimum absolute atomic E-state index is 0.0340. The van der Waals surface area contributed by atoms with Gasteiger partial charge in [0.05, 0.1) is 18.2 Å². The second-order valence-electron chi connectivity index (χ2n) is 35.3. The Kier molecular flexibility index (Phi) is 40.8. The van der Waals surface area contributed by atoms with Crippen molar-refractivity contribution in [3.05, 3.63) is 533 Å². The number of methoxy groups -OCH3 is 1. The number of ether oxygens (including phenoxy) is 1. The van der Waals surface area contributed by atoms with E-state index in [4.69, 9.17) is 14.9 Å². The molecule has 0 atom stereocenters. The quantitative estimate of drug-likeness (QED) is 0.0649. The van der Waals surface area contributed by atoms with Crippen LogP contribution in [0.1, 0.15) is 119 Å². The number of halogens is 4. The zero-order valence-electron chi connectivity index (χ0n) is 82.2. The number of aldehydes is 1. The summed E-state index contributed by atoms with van der Waals surface area (Å²) >= 11 is 0. The highest BCUT2D eigenvalue weighted by molar-refractivity contribution is 5.95. The molecule has 0 unspecified atom stereocenters. The number of aromatic carboxylic acids is 1. The van der Waals surface area contributed by atoms with Gasteiger partial charge in [0.2, 0.25) is 0 Å². The number of hydrogen-bond acceptors (Lipinski definition) is 5. The number of amides is 1. The first-order valence-electron chi connectivity index (χ1n) is 46.6. The molecule has 0 bridgehead atoms. The van der Waals surface area contributed by atoms with Crippen LogP contribution < -0.4 is 10.1 Å². The molecule has 0 saturated heterocycles. The van der Waals surface area contributed by atoms with Crippen LogP contribution in [0.2, 0.25) is 0 Å². The summed E-state index contributed by atoms with van der Waals surface area (Å²) in [5, 5.41) is 20.4. The van der Waals surface area contributed by atoms with Crippen LogP contribution in [0.15, 0.2) is 449 Å². The third-order valence-electron chi connectivity index (χ3n) is 22.4. The SMILES string of the molecule is COc1ccc(-c2ccc(C)cc2)cc1.Cc1ccc(-c2ccc(C(F)(F)F)cc2)cc1.Cc1ccc(-c2ccc(F)cc2)cc1.Cc1ccc(-c2ccccc2)cc1.Cc1cccc(-c2ccc(C(=O)NC(C)(C)C)cc2)c1.Cc1cccc(-c2ccc(C(=O)O)cc2)c1.Cc1cccc(-c2ccc(C=O)cc2)c1.Cc1cccc(-c2ccc(CCC(=O)O)cc2)c1.Cc1cccc(-c2ccccc2)c1. The predicted molar refractivity (Wildman–Crippen MR) is 577 cm³/mol. The van der Waals surface area contributed by atoms with Gasteiger partial charge in [0.1, 0.15) is 17.9 Å². The van der Waals surface area contributed by atoms with Gasteiger partial charge in [-0.05, 0) is 256 Å². The molecule has 3 N–H and O–H groups in total. The van der Waals surface area contributed by atoms with Gasteiger partial charge in [0, 0.05) is 23.1 Å². The van der Waals surface area contributed by atoms with Crippen molar-refractivity contribution in [1.82, 2.24) is 5.32 Å². The molecule has 8 nitrogen and oxygen atoms in total. The molecule has 12 heteroatoms. The second-order valence-corrected chi connectivity index (χ2v) is 35.3. The molecule has 0 saturated carbocycles. The van der Waals surface area contributed by atoms with E-state index in [0.717, 1.165) is 85.4 Å². The van der Waals surface area contributed by atoms with E-state index in [1.165, 1.54) is 119 Å². The number of alkyl halides is 3. The second kappa shape index (κ2) is 53.9. The molecule has 18 aromatic carbocycles. The van der Waals surface area contributed by atoms with Crippen molar-refractivity contribution in [3.63, 3.8) is 0 Å². The van der Waals surface area contributed by atoms with E-state index in [1.54, 1.807) is 31.4 Å². The Morgan fingerprint density at radius 2 is 0.539 bits per heavy atom. The maximum atomic E-state index is 12.7. The summed E-state index contributed by atoms with van der Waals surface area (Å²) in [4.78, 5) is 43.8. The van der Waals surface area contributed by atoms with Gasteiger partial charge in [0.15, 0.2) is 0 Å². The van der Waals surface area contributed by atoms with Crippen molar-refractivity contribution < 1.29 is 51.7 Å². The largest absolute Gasteiger partial charge is 0.497 e. The maximum Gasteiger partial charge on any atom is 0.416 e. The van der Waals surface area contributed by atoms with E-state index < -0.39 is 23.7 Å². The first-order chi connectivity index (χ1) is 67.7. The van der Waals surface area contributed by atoms with E-state index in [1.807, 2.05) is 217 Å². The molecule has 18 rings (SSSR count). The third-order valence-corrected chi connectivity index (χ3v) is 22.4. The highest BCUT2D eigenvalue weighted by atomic mass is 19.4. The molecule has 0 spiro atoms. The summed E-state index contributed by atoms with van der Waals surface area (Å²) in [6, 6.07) is 146. The number of aliphatic carboxylic acids is 1. The van der Waals surface area contributed by atoms with Crippen LogP contribution >= 0.6 is 0 Å². The molecule has 18 aromatic rings. The van der Waals surface area contributed by atoms with Gasteiger partial charge in [-0.2, -0.15) is 13.2 Å². The average Bonchev–Trinajstić information content (AvgIpc) is 0.831. The smallest absolute Gasteiger partial charge is 0.416 e. The lowest BCUT2D eigenvalue weighted by atomic mass is 10.0. The third kappa shape index (κ3) is 36.5. The fourth-order valence-electron chi connectivity index (χ4n) is 14.5. The number of carboxylic acids is 2. The lowest BCUT2D eigenvalue weighted by Gasteiger charge is -2.20. The topological polar surface area (TPSA) is 130 Å². The number of benzene rings is 18. The van der Waals surface area contributed by atoms with Gasteiger partial charge in [-0.25, -0.2) is 9.18 Å². The highest BCUT2D eigenvalue weighted by Gasteiger charge is 2.30. The summed E-state index contributed by atoms with van der Waals surface area (Å²) in [7, 11) is 1.68. The van der Waals surface area contributed by atoms with Gasteiger partial charge in [0.25, 0.3) is 5.91 Å². The lowest BCUT2D eigenvalue weighted by Crippen LogP contribution is -2.40. The van der Waals surface area contributed by atoms with Crippen molar-refractivity contribution in [3.8, 4) is 106 Å². The van der Waals surface area contributed by atoms with Crippen LogP contribution in [0.5, 0.6) is 5.75 Å². The summed E-state index contributed by atoms with van der Waals surface area (Å²) < 4.78 is 54.9. The predicted octanol–water partition coefficient (Wildman–Crippen LogP) is 34.2. The average molecular weight is 1870 g/mol. The van der Waals surface area contributed by atoms with Crippen LogP contribution in [0.4, 0.5) is 17.6 Å². The zero-order valence-corrected chi connectivity index (χ0v) is 82.2. The van der Waals surface area contributed by atoms with Gasteiger partial charge in [-0.3, -0.25) is 14.4 Å². The molecule has 0 aromatic heterocycles. The molecule has 0 radical (unpaired) electrons. The molecular formula is C129H121F4NO7. The van der Waals surface area contributed by atoms with Crippen LogP contribution in [0, 0.1) is 68.1 Å². The number of carbonyl (C=O) groups is 4. The standard InChI is InChI=1S/C18H21NO.C16H16O2.C14H11F3.C14H12O2.C14H14O.C14H12O.C13H11F.2C13H12/c1-13-6-5-7-16(12-13)14-8-10-15(11-9-14)17(20)19-18(2,3)4;1-12-3-2-4-15(11-12)14-8-5-13(6-9-14)7-10-16(17)18;1-10-2-4-11(5-3-10)12-6-8-13(9-7-12)14(15,16)17;1-10-3-2-4-13(9-10)11-5-7-12(8-6-11)14(15)16;1-11-3-5-12(6-4-11)13-7-9-14(15-2)10-8-13;1-11-3-2-4-14(9-11)13-7-5-12(10-15)6-8-13;1-10-2-4-11(5-3-10)12-6-8-13(14)9-7-12;1-11-6-5-9-13(10-11)12-7-3-2-4-8-12;1-11-7-9-13(10-8-11)12-5-3-2-4-6-12/h5-12H,1-4H3,(H,19,20);2-6,8-9,11H,7,10H2,1H3,(H,17,18);2-9H,1H3;2-9H,1H3,(H,15,16);3-10H,1-2H3;2-10H,1H3;2-9H,1H3;2*2-10H,1H3. The Morgan fingerprint density at radius 1 is 0.291 bits per heavy atom. The Hall–Kier alpha value is -16.4. The maximum absolute atomic E-state index is 12.7. The van der Waals surface area contributed by atoms with Crippen molar-refractivity contribution in [1.29, 1.82) is 0 Å². The molecular weight excluding hydrogens is 1750 g/mol. The molecule has 0 fully saturated rings. The Morgan fingerprint density at radius 3 is 0.816 bits per heavy atom. The normalized spacial score (nSPS) is 10.4. The number of aryl methyl sites for hydroxylation is 10. The summed E-state index contributed by atoms with van der Waals surface area (Å²) in [6.07, 6.45) is -2.64. The molecule has 0 heterocycles. The van der Waals surface area contributed by atoms with Crippen molar-refractivity contribution in [2.45, 2.75) is 108 Å². The summed E-state index contributed by atoms with van der Waals surface area (Å²) in [5.74, 6) is -0.978. The van der Waals surface area contributed by atoms with Crippen LogP contribution in [-0.4, -0.2) is 47.0 Å². The molecule has 141 heavy (non-hydrogen) atoms. The molecule has 0 aliphatic heterocycles. The molecule has 1 amide bonds. The number of nitrogens with one attached hydrogen (secondary N) is 1. The van der Waals surface area contributed by atoms with E-state index in [2.05, 4.69) is 260 Å². The fourth-order valence-corrected chi connectivity index (χ4v) is 14.5. The molecule has 0 aliphatic rings. The van der Waals surface area contributed by atoms with Crippen LogP contribution in [-0.2, 0) is 17.4 Å². The minimum Gasteiger partial charge on any atom is -0.497 e. The summed E-state index contributed by atoms with van der Waals surface area (Å²) in [5.41, 5.74) is 33.7. The molecule has 712 valence electrons. The van der Waals surface area contributed by atoms with E-state index >= 15 is 0 Å². The zero-order chi connectivity index (χ0) is 101. The van der Waals surface area contributed by atoms with Crippen LogP contribution in [0.25, 0.3) is 100 Å². The first kappa shape index (κ1) is 107. The Balaban J connectivity index is 0.000000164. The Bertz CT molecular complexity index is 6860. The van der Waals surface area contributed by atoms with Crippen molar-refractivity contribution >= 4 is 24.1 Å². The number of rotatable bonds is 16. The van der Waals surface area contributed by atoms with Gasteiger partial charge in [-0.15, -0.1) is 0 Å². The number of carbonyl (C=O) groups excluding carboxylic acids is 2. The lowest BCUT2D eigenvalue weighted by molar-refractivity contribution is -0.138. The van der Waals surface area contributed by atoms with E-state index in [9.17, 15) is 36.7 Å². The summed E-state index contributed by atoms with van der Waals surface area (Å²) in [6.45, 7) is 24.5. The van der Waals surface area contributed by atoms with Gasteiger partial charge in [-0.1, -0.05) is 438 Å². The van der Waals surface area contributed by atoms with E-state index in [0.29, 0.717) is 23.1 Å². The van der Waals surface area contributed by atoms with Gasteiger partial charge >= 0.3 is 18.1 Å². The highest BCUT2D eigenvalue weighted by Crippen LogP contribution is 2.33. The number of hydrogen-bond donors (Lipinski definition) is 3. The fraction of sp³-hybridized carbons (Fsp3) is 0.132. The Labute approximate surface area is 829 Å². The van der Waals surface area contributed by atoms with Crippen LogP contribution in [0.3, 0.4) is 0 Å². The van der Waals surface area contributed by atoms with E-state index in [-0.39, 0.29) is 23.7 Å². The van der Waals surface area contributed by atoms with Crippen molar-refractivity contribution in [2.75, 3.05) is 7.11 Å². The van der Waals surface area contributed by atoms with Crippen molar-refractivity contribution in [2.24, 2.45) is 0 Å². The minimum atomic E-state index is -4.27. The molecule has 0 aliphatic carbocycles.